The van der Waals surface area contributed by atoms with E-state index < -0.39 is 12.0 Å². The van der Waals surface area contributed by atoms with Crippen LogP contribution in [0.25, 0.3) is 0 Å². The molecule has 15 heavy (non-hydrogen) atoms. The van der Waals surface area contributed by atoms with Crippen LogP contribution in [-0.2, 0) is 4.79 Å². The lowest BCUT2D eigenvalue weighted by Crippen LogP contribution is -2.51. The van der Waals surface area contributed by atoms with Crippen LogP contribution in [0.3, 0.4) is 0 Å². The fraction of sp³-hybridized carbons (Fsp3) is 0.889. The fourth-order valence-corrected chi connectivity index (χ4v) is 1.69. The highest BCUT2D eigenvalue weighted by atomic mass is 16.4. The zero-order chi connectivity index (χ0) is 11.3. The molecule has 0 bridgehead atoms. The Balaban J connectivity index is 2.22. The van der Waals surface area contributed by atoms with Gasteiger partial charge in [-0.25, -0.2) is 0 Å². The molecule has 1 unspecified atom stereocenters. The minimum Gasteiger partial charge on any atom is -0.480 e. The quantitative estimate of drug-likeness (QED) is 0.494. The highest BCUT2D eigenvalue weighted by molar-refractivity contribution is 5.73. The molecule has 88 valence electrons. The highest BCUT2D eigenvalue weighted by Gasteiger charge is 2.20. The van der Waals surface area contributed by atoms with Crippen LogP contribution in [0.15, 0.2) is 0 Å². The minimum absolute atomic E-state index is 0.175. The van der Waals surface area contributed by atoms with Crippen molar-refractivity contribution in [3.63, 3.8) is 0 Å². The molecule has 1 heterocycles. The first kappa shape index (κ1) is 12.4. The van der Waals surface area contributed by atoms with Crippen molar-refractivity contribution in [1.29, 1.82) is 0 Å². The molecule has 1 rings (SSSR count). The number of nitrogens with two attached hydrogens (primary N) is 1. The van der Waals surface area contributed by atoms with Crippen LogP contribution in [0.4, 0.5) is 0 Å². The number of β-amino-alcohol motifs (C(OH)–C–C–N with tert-alkyl or cyclic N) is 1. The van der Waals surface area contributed by atoms with Crippen LogP contribution in [-0.4, -0.2) is 77.9 Å². The summed E-state index contributed by atoms with van der Waals surface area (Å²) >= 11 is 0. The lowest BCUT2D eigenvalue weighted by molar-refractivity contribution is -0.139. The summed E-state index contributed by atoms with van der Waals surface area (Å²) in [5.41, 5.74) is 5.45. The van der Waals surface area contributed by atoms with Crippen molar-refractivity contribution < 1.29 is 15.0 Å². The number of nitrogens with zero attached hydrogens (tertiary/aromatic N) is 2. The van der Waals surface area contributed by atoms with E-state index in [9.17, 15) is 4.79 Å². The van der Waals surface area contributed by atoms with Gasteiger partial charge in [0.1, 0.15) is 6.04 Å². The van der Waals surface area contributed by atoms with E-state index in [0.717, 1.165) is 26.2 Å². The monoisotopic (exact) mass is 217 g/mol. The molecule has 4 N–H and O–H groups in total. The first-order valence-corrected chi connectivity index (χ1v) is 5.17. The first-order chi connectivity index (χ1) is 7.13. The Labute approximate surface area is 89.3 Å². The van der Waals surface area contributed by atoms with Gasteiger partial charge in [-0.05, 0) is 0 Å². The molecule has 0 saturated carbocycles. The number of carbonyl (C=O) groups is 1. The lowest BCUT2D eigenvalue weighted by Gasteiger charge is -2.34. The highest BCUT2D eigenvalue weighted by Crippen LogP contribution is 2.01. The summed E-state index contributed by atoms with van der Waals surface area (Å²) in [6.45, 7) is 4.65. The van der Waals surface area contributed by atoms with E-state index >= 15 is 0 Å². The Bertz CT molecular complexity index is 205. The maximum absolute atomic E-state index is 10.5. The minimum atomic E-state index is -0.951. The number of aliphatic carboxylic acids is 1. The summed E-state index contributed by atoms with van der Waals surface area (Å²) < 4.78 is 0. The Morgan fingerprint density at radius 1 is 1.27 bits per heavy atom. The van der Waals surface area contributed by atoms with Crippen LogP contribution in [0, 0.1) is 0 Å². The van der Waals surface area contributed by atoms with E-state index in [0.29, 0.717) is 13.1 Å². The Hall–Kier alpha value is -0.690. The average Bonchev–Trinajstić information content (AvgIpc) is 2.21. The Morgan fingerprint density at radius 2 is 1.80 bits per heavy atom. The summed E-state index contributed by atoms with van der Waals surface area (Å²) in [5.74, 6) is -0.951. The maximum Gasteiger partial charge on any atom is 0.321 e. The van der Waals surface area contributed by atoms with Crippen molar-refractivity contribution in [3.05, 3.63) is 0 Å². The molecule has 0 amide bonds. The average molecular weight is 217 g/mol. The largest absolute Gasteiger partial charge is 0.480 e. The van der Waals surface area contributed by atoms with Crippen LogP contribution < -0.4 is 5.73 Å². The van der Waals surface area contributed by atoms with E-state index in [1.54, 1.807) is 0 Å². The summed E-state index contributed by atoms with van der Waals surface area (Å²) in [7, 11) is 0. The second-order valence-electron chi connectivity index (χ2n) is 3.81. The second kappa shape index (κ2) is 6.02. The zero-order valence-corrected chi connectivity index (χ0v) is 8.80. The predicted molar refractivity (Wildman–Crippen MR) is 55.6 cm³/mol. The van der Waals surface area contributed by atoms with Gasteiger partial charge in [0.15, 0.2) is 0 Å². The van der Waals surface area contributed by atoms with Crippen LogP contribution in [0.1, 0.15) is 0 Å². The van der Waals surface area contributed by atoms with Gasteiger partial charge in [0.2, 0.25) is 0 Å². The lowest BCUT2D eigenvalue weighted by atomic mass is 10.2. The first-order valence-electron chi connectivity index (χ1n) is 5.17. The van der Waals surface area contributed by atoms with E-state index in [2.05, 4.69) is 4.90 Å². The van der Waals surface area contributed by atoms with Gasteiger partial charge in [0.05, 0.1) is 6.61 Å². The van der Waals surface area contributed by atoms with Gasteiger partial charge in [-0.3, -0.25) is 14.6 Å². The van der Waals surface area contributed by atoms with Gasteiger partial charge in [-0.2, -0.15) is 0 Å². The van der Waals surface area contributed by atoms with Gasteiger partial charge in [-0.15, -0.1) is 0 Å². The summed E-state index contributed by atoms with van der Waals surface area (Å²) in [6, 6.07) is -0.797. The third-order valence-corrected chi connectivity index (χ3v) is 2.65. The standard InChI is InChI=1S/C9H19N3O3/c10-8(9(14)15)7-12-3-1-11(2-4-12)5-6-13/h8,13H,1-7,10H2,(H,14,15). The van der Waals surface area contributed by atoms with Crippen molar-refractivity contribution in [2.45, 2.75) is 6.04 Å². The number of carboxylic acid groups (broad SMARTS) is 1. The number of aliphatic hydroxyl groups is 1. The molecule has 1 aliphatic rings. The molecule has 6 heteroatoms. The van der Waals surface area contributed by atoms with E-state index in [-0.39, 0.29) is 6.61 Å². The molecule has 0 aromatic heterocycles. The van der Waals surface area contributed by atoms with Crippen molar-refractivity contribution >= 4 is 5.97 Å². The molecule has 1 saturated heterocycles. The summed E-state index contributed by atoms with van der Waals surface area (Å²) in [6.07, 6.45) is 0. The van der Waals surface area contributed by atoms with Crippen molar-refractivity contribution in [2.24, 2.45) is 5.73 Å². The van der Waals surface area contributed by atoms with Crippen LogP contribution in [0.5, 0.6) is 0 Å². The number of hydrogen-bond acceptors (Lipinski definition) is 5. The molecule has 0 spiro atoms. The van der Waals surface area contributed by atoms with Gasteiger partial charge in [-0.1, -0.05) is 0 Å². The van der Waals surface area contributed by atoms with E-state index in [4.69, 9.17) is 15.9 Å². The normalized spacial score (nSPS) is 21.5. The number of rotatable bonds is 5. The zero-order valence-electron chi connectivity index (χ0n) is 8.80. The molecule has 0 aromatic carbocycles. The van der Waals surface area contributed by atoms with Crippen molar-refractivity contribution in [2.75, 3.05) is 45.9 Å². The Morgan fingerprint density at radius 3 is 2.27 bits per heavy atom. The molecule has 1 atom stereocenters. The third kappa shape index (κ3) is 4.13. The molecular weight excluding hydrogens is 198 g/mol. The third-order valence-electron chi connectivity index (χ3n) is 2.65. The van der Waals surface area contributed by atoms with Gasteiger partial charge >= 0.3 is 5.97 Å². The second-order valence-corrected chi connectivity index (χ2v) is 3.81. The number of hydrogen-bond donors (Lipinski definition) is 3. The molecule has 0 radical (unpaired) electrons. The Kier molecular flexibility index (Phi) is 4.97. The van der Waals surface area contributed by atoms with E-state index in [1.165, 1.54) is 0 Å². The summed E-state index contributed by atoms with van der Waals surface area (Å²) in [5, 5.41) is 17.4. The fourth-order valence-electron chi connectivity index (χ4n) is 1.69. The van der Waals surface area contributed by atoms with Gasteiger partial charge < -0.3 is 15.9 Å². The van der Waals surface area contributed by atoms with Crippen molar-refractivity contribution in [3.8, 4) is 0 Å². The van der Waals surface area contributed by atoms with Crippen LogP contribution >= 0.6 is 0 Å². The summed E-state index contributed by atoms with van der Waals surface area (Å²) in [4.78, 5) is 14.7. The SMILES string of the molecule is NC(CN1CCN(CCO)CC1)C(=O)O. The number of aliphatic hydroxyl groups excluding tert-OH is 1. The van der Waals surface area contributed by atoms with Crippen molar-refractivity contribution in [1.82, 2.24) is 9.80 Å². The molecule has 6 nitrogen and oxygen atoms in total. The number of carboxylic acids is 1. The van der Waals surface area contributed by atoms with Gasteiger partial charge in [0.25, 0.3) is 0 Å². The molecule has 0 aliphatic carbocycles. The number of piperazine rings is 1. The molecule has 1 fully saturated rings. The van der Waals surface area contributed by atoms with Gasteiger partial charge in [0, 0.05) is 39.3 Å². The predicted octanol–water partition coefficient (Wildman–Crippen LogP) is -1.99. The molecule has 1 aliphatic heterocycles. The molecular formula is C9H19N3O3. The topological polar surface area (TPSA) is 90.0 Å². The maximum atomic E-state index is 10.5. The van der Waals surface area contributed by atoms with Crippen LogP contribution in [0.2, 0.25) is 0 Å². The smallest absolute Gasteiger partial charge is 0.321 e. The molecule has 0 aromatic rings. The van der Waals surface area contributed by atoms with E-state index in [1.807, 2.05) is 4.90 Å².